The number of benzene rings is 1. The van der Waals surface area contributed by atoms with Crippen LogP contribution in [0.25, 0.3) is 0 Å². The molecule has 1 fully saturated rings. The highest BCUT2D eigenvalue weighted by molar-refractivity contribution is 7.92. The van der Waals surface area contributed by atoms with Crippen LogP contribution in [0.5, 0.6) is 0 Å². The molecule has 0 radical (unpaired) electrons. The van der Waals surface area contributed by atoms with E-state index >= 15 is 0 Å². The van der Waals surface area contributed by atoms with Gasteiger partial charge in [0.05, 0.1) is 10.1 Å². The van der Waals surface area contributed by atoms with Gasteiger partial charge in [-0.2, -0.15) is 0 Å². The Kier molecular flexibility index (Phi) is 3.52. The fourth-order valence-electron chi connectivity index (χ4n) is 2.38. The first-order valence-electron chi connectivity index (χ1n) is 5.99. The average Bonchev–Trinajstić information content (AvgIpc) is 2.29. The van der Waals surface area contributed by atoms with Crippen LogP contribution < -0.4 is 0 Å². The zero-order valence-corrected chi connectivity index (χ0v) is 10.7. The molecule has 0 aromatic heterocycles. The Hall–Kier alpha value is -0.900. The van der Waals surface area contributed by atoms with Gasteiger partial charge >= 0.3 is 0 Å². The van der Waals surface area contributed by atoms with E-state index in [1.807, 2.05) is 0 Å². The summed E-state index contributed by atoms with van der Waals surface area (Å²) in [6, 6.07) is 5.32. The Balaban J connectivity index is 2.25. The second-order valence-corrected chi connectivity index (χ2v) is 7.11. The molecule has 0 atom stereocenters. The molecule has 17 heavy (non-hydrogen) atoms. The van der Waals surface area contributed by atoms with Crippen LogP contribution in [0.2, 0.25) is 0 Å². The lowest BCUT2D eigenvalue weighted by atomic mass is 9.91. The van der Waals surface area contributed by atoms with Gasteiger partial charge < -0.3 is 0 Å². The molecule has 0 N–H and O–H groups in total. The van der Waals surface area contributed by atoms with E-state index in [9.17, 15) is 12.8 Å². The summed E-state index contributed by atoms with van der Waals surface area (Å²) in [6.45, 7) is 2.14. The van der Waals surface area contributed by atoms with Crippen LogP contribution in [0.1, 0.15) is 32.6 Å². The SMILES string of the molecule is CC1CCC(S(=O)(=O)c2cccc(F)c2)CC1. The Labute approximate surface area is 102 Å². The zero-order chi connectivity index (χ0) is 12.5. The molecule has 1 aromatic carbocycles. The lowest BCUT2D eigenvalue weighted by Crippen LogP contribution is -2.26. The minimum atomic E-state index is -3.35. The van der Waals surface area contributed by atoms with Crippen LogP contribution in [0, 0.1) is 11.7 Å². The molecular weight excluding hydrogens is 239 g/mol. The molecule has 0 saturated heterocycles. The maximum absolute atomic E-state index is 13.1. The van der Waals surface area contributed by atoms with Crippen LogP contribution in [-0.2, 0) is 9.84 Å². The molecule has 0 aliphatic heterocycles. The van der Waals surface area contributed by atoms with E-state index in [0.29, 0.717) is 18.8 Å². The second kappa shape index (κ2) is 4.77. The van der Waals surface area contributed by atoms with Crippen molar-refractivity contribution in [1.29, 1.82) is 0 Å². The van der Waals surface area contributed by atoms with E-state index in [4.69, 9.17) is 0 Å². The quantitative estimate of drug-likeness (QED) is 0.814. The highest BCUT2D eigenvalue weighted by Crippen LogP contribution is 2.31. The minimum Gasteiger partial charge on any atom is -0.223 e. The molecular formula is C13H17FO2S. The van der Waals surface area contributed by atoms with Crippen LogP contribution >= 0.6 is 0 Å². The first-order valence-corrected chi connectivity index (χ1v) is 7.54. The molecule has 1 aliphatic carbocycles. The van der Waals surface area contributed by atoms with Crippen LogP contribution in [0.15, 0.2) is 29.2 Å². The van der Waals surface area contributed by atoms with Gasteiger partial charge in [-0.25, -0.2) is 12.8 Å². The normalized spacial score (nSPS) is 25.8. The second-order valence-electron chi connectivity index (χ2n) is 4.88. The highest BCUT2D eigenvalue weighted by atomic mass is 32.2. The number of sulfone groups is 1. The minimum absolute atomic E-state index is 0.122. The average molecular weight is 256 g/mol. The van der Waals surface area contributed by atoms with Gasteiger partial charge in [0.2, 0.25) is 0 Å². The summed E-state index contributed by atoms with van der Waals surface area (Å²) in [5, 5.41) is -0.333. The largest absolute Gasteiger partial charge is 0.223 e. The zero-order valence-electron chi connectivity index (χ0n) is 9.90. The van der Waals surface area contributed by atoms with Gasteiger partial charge in [-0.15, -0.1) is 0 Å². The van der Waals surface area contributed by atoms with Gasteiger partial charge in [0.1, 0.15) is 5.82 Å². The Morgan fingerprint density at radius 2 is 1.82 bits per heavy atom. The van der Waals surface area contributed by atoms with Crippen molar-refractivity contribution in [1.82, 2.24) is 0 Å². The lowest BCUT2D eigenvalue weighted by molar-refractivity contribution is 0.382. The number of rotatable bonds is 2. The third-order valence-corrected chi connectivity index (χ3v) is 5.79. The molecule has 0 bridgehead atoms. The summed E-state index contributed by atoms with van der Waals surface area (Å²) in [4.78, 5) is 0.122. The molecule has 0 spiro atoms. The van der Waals surface area contributed by atoms with E-state index in [-0.39, 0.29) is 10.1 Å². The predicted molar refractivity (Wildman–Crippen MR) is 65.0 cm³/mol. The Bertz CT molecular complexity index is 488. The summed E-state index contributed by atoms with van der Waals surface area (Å²) in [5.41, 5.74) is 0. The molecule has 0 unspecified atom stereocenters. The molecule has 2 nitrogen and oxygen atoms in total. The number of halogens is 1. The van der Waals surface area contributed by atoms with E-state index in [1.54, 1.807) is 0 Å². The fourth-order valence-corrected chi connectivity index (χ4v) is 4.20. The predicted octanol–water partition coefficient (Wildman–Crippen LogP) is 3.18. The van der Waals surface area contributed by atoms with Crippen molar-refractivity contribution < 1.29 is 12.8 Å². The van der Waals surface area contributed by atoms with Crippen molar-refractivity contribution in [3.63, 3.8) is 0 Å². The summed E-state index contributed by atoms with van der Waals surface area (Å²) in [7, 11) is -3.35. The number of hydrogen-bond donors (Lipinski definition) is 0. The van der Waals surface area contributed by atoms with Gasteiger partial charge in [-0.1, -0.05) is 13.0 Å². The molecule has 1 aliphatic rings. The molecule has 0 heterocycles. The molecule has 1 saturated carbocycles. The van der Waals surface area contributed by atoms with Crippen molar-refractivity contribution >= 4 is 9.84 Å². The third-order valence-electron chi connectivity index (χ3n) is 3.53. The summed E-state index contributed by atoms with van der Waals surface area (Å²) >= 11 is 0. The molecule has 94 valence electrons. The number of hydrogen-bond acceptors (Lipinski definition) is 2. The Morgan fingerprint density at radius 3 is 2.41 bits per heavy atom. The van der Waals surface area contributed by atoms with Crippen LogP contribution in [-0.4, -0.2) is 13.7 Å². The summed E-state index contributed by atoms with van der Waals surface area (Å²) in [5.74, 6) is 0.115. The van der Waals surface area contributed by atoms with Crippen LogP contribution in [0.3, 0.4) is 0 Å². The summed E-state index contributed by atoms with van der Waals surface area (Å²) in [6.07, 6.45) is 3.28. The maximum atomic E-state index is 13.1. The van der Waals surface area contributed by atoms with Crippen molar-refractivity contribution in [2.24, 2.45) is 5.92 Å². The summed E-state index contributed by atoms with van der Waals surface area (Å²) < 4.78 is 37.6. The van der Waals surface area contributed by atoms with Crippen LogP contribution in [0.4, 0.5) is 4.39 Å². The first kappa shape index (κ1) is 12.6. The van der Waals surface area contributed by atoms with Gasteiger partial charge in [0.25, 0.3) is 0 Å². The monoisotopic (exact) mass is 256 g/mol. The van der Waals surface area contributed by atoms with Crippen molar-refractivity contribution in [2.45, 2.75) is 42.8 Å². The van der Waals surface area contributed by atoms with Gasteiger partial charge in [-0.05, 0) is 49.8 Å². The highest BCUT2D eigenvalue weighted by Gasteiger charge is 2.30. The van der Waals surface area contributed by atoms with Crippen molar-refractivity contribution in [3.05, 3.63) is 30.1 Å². The smallest absolute Gasteiger partial charge is 0.181 e. The molecule has 4 heteroatoms. The third kappa shape index (κ3) is 2.68. The lowest BCUT2D eigenvalue weighted by Gasteiger charge is -2.25. The molecule has 1 aromatic rings. The van der Waals surface area contributed by atoms with E-state index < -0.39 is 15.7 Å². The standard InChI is InChI=1S/C13H17FO2S/c1-10-5-7-12(8-6-10)17(15,16)13-4-2-3-11(14)9-13/h2-4,9-10,12H,5-8H2,1H3. The molecule has 0 amide bonds. The van der Waals surface area contributed by atoms with E-state index in [2.05, 4.69) is 6.92 Å². The van der Waals surface area contributed by atoms with E-state index in [0.717, 1.165) is 18.9 Å². The van der Waals surface area contributed by atoms with Crippen molar-refractivity contribution in [2.75, 3.05) is 0 Å². The van der Waals surface area contributed by atoms with Gasteiger partial charge in [0, 0.05) is 0 Å². The molecule has 2 rings (SSSR count). The maximum Gasteiger partial charge on any atom is 0.181 e. The van der Waals surface area contributed by atoms with Gasteiger partial charge in [-0.3, -0.25) is 0 Å². The topological polar surface area (TPSA) is 34.1 Å². The first-order chi connectivity index (χ1) is 8.00. The van der Waals surface area contributed by atoms with Gasteiger partial charge in [0.15, 0.2) is 9.84 Å². The van der Waals surface area contributed by atoms with E-state index in [1.165, 1.54) is 18.2 Å². The van der Waals surface area contributed by atoms with Crippen molar-refractivity contribution in [3.8, 4) is 0 Å². The Morgan fingerprint density at radius 1 is 1.18 bits per heavy atom. The fraction of sp³-hybridized carbons (Fsp3) is 0.538.